The number of hydrogen-bond donors (Lipinski definition) is 1. The molecule has 0 spiro atoms. The van der Waals surface area contributed by atoms with Crippen LogP contribution in [0, 0.1) is 30.2 Å². The Morgan fingerprint density at radius 3 is 1.74 bits per heavy atom. The second-order valence-corrected chi connectivity index (χ2v) is 6.58. The van der Waals surface area contributed by atoms with Crippen LogP contribution in [0.5, 0.6) is 5.88 Å². The molecule has 0 aliphatic carbocycles. The van der Waals surface area contributed by atoms with Crippen LogP contribution >= 0.6 is 0 Å². The maximum Gasteiger partial charge on any atom is 0.422 e. The Hall–Kier alpha value is -2.96. The molecule has 3 rings (SSSR count). The Balaban J connectivity index is 0.00000408. The summed E-state index contributed by atoms with van der Waals surface area (Å²) in [6.07, 6.45) is -10.5. The van der Waals surface area contributed by atoms with E-state index in [9.17, 15) is 53.8 Å². The average molecular weight is 552 g/mol. The van der Waals surface area contributed by atoms with Crippen molar-refractivity contribution in [2.45, 2.75) is 19.3 Å². The molecule has 4 nitrogen and oxygen atoms in total. The maximum atomic E-state index is 14.3. The molecule has 178 valence electrons. The van der Waals surface area contributed by atoms with Gasteiger partial charge in [-0.25, -0.2) is 17.6 Å². The summed E-state index contributed by atoms with van der Waals surface area (Å²) in [5.41, 5.74) is -7.62. The molecule has 0 amide bonds. The summed E-state index contributed by atoms with van der Waals surface area (Å²) >= 11 is 0. The first-order valence-corrected chi connectivity index (χ1v) is 8.51. The fourth-order valence-corrected chi connectivity index (χ4v) is 2.95. The second-order valence-electron chi connectivity index (χ2n) is 6.58. The molecule has 0 aliphatic heterocycles. The summed E-state index contributed by atoms with van der Waals surface area (Å²) in [7, 11) is 0. The van der Waals surface area contributed by atoms with E-state index in [0.717, 1.165) is 19.1 Å². The Morgan fingerprint density at radius 2 is 1.32 bits per heavy atom. The number of halogens is 10. The van der Waals surface area contributed by atoms with Gasteiger partial charge in [0.15, 0.2) is 29.1 Å². The number of hydrogen-bond acceptors (Lipinski definition) is 3. The number of ketones is 1. The number of nitrogens with zero attached hydrogens (tertiary/aromatic N) is 2. The van der Waals surface area contributed by atoms with E-state index in [1.807, 2.05) is 0 Å². The molecule has 1 heterocycles. The quantitative estimate of drug-likeness (QED) is 0.196. The van der Waals surface area contributed by atoms with E-state index in [2.05, 4.69) is 5.10 Å². The van der Waals surface area contributed by atoms with Crippen molar-refractivity contribution in [2.24, 2.45) is 0 Å². The van der Waals surface area contributed by atoms with Crippen LogP contribution in [0.3, 0.4) is 0 Å². The van der Waals surface area contributed by atoms with E-state index >= 15 is 0 Å². The summed E-state index contributed by atoms with van der Waals surface area (Å²) in [6.45, 7) is 0.986. The Labute approximate surface area is 195 Å². The third-order valence-corrected chi connectivity index (χ3v) is 4.47. The summed E-state index contributed by atoms with van der Waals surface area (Å²) in [6, 6.07) is 2.51. The summed E-state index contributed by atoms with van der Waals surface area (Å²) < 4.78 is 132. The van der Waals surface area contributed by atoms with Crippen LogP contribution in [0.1, 0.15) is 32.7 Å². The molecule has 0 saturated heterocycles. The molecule has 1 N–H and O–H groups in total. The van der Waals surface area contributed by atoms with Gasteiger partial charge in [0.2, 0.25) is 5.88 Å². The second kappa shape index (κ2) is 9.01. The number of rotatable bonds is 3. The minimum absolute atomic E-state index is 0. The van der Waals surface area contributed by atoms with Gasteiger partial charge in [0, 0.05) is 25.0 Å². The molecule has 2 aromatic carbocycles. The van der Waals surface area contributed by atoms with Gasteiger partial charge >= 0.3 is 12.4 Å². The smallest absolute Gasteiger partial charge is 0.422 e. The fraction of sp³-hybridized carbons (Fsp3) is 0.158. The first-order valence-electron chi connectivity index (χ1n) is 8.51. The monoisotopic (exact) mass is 550 g/mol. The topological polar surface area (TPSA) is 55.1 Å². The van der Waals surface area contributed by atoms with Gasteiger partial charge in [-0.1, -0.05) is 12.1 Å². The van der Waals surface area contributed by atoms with Crippen LogP contribution in [0.4, 0.5) is 43.9 Å². The van der Waals surface area contributed by atoms with E-state index in [0.29, 0.717) is 12.1 Å². The zero-order valence-electron chi connectivity index (χ0n) is 16.5. The van der Waals surface area contributed by atoms with E-state index in [-0.39, 0.29) is 24.2 Å². The van der Waals surface area contributed by atoms with Gasteiger partial charge in [-0.2, -0.15) is 36.1 Å². The van der Waals surface area contributed by atoms with E-state index in [4.69, 9.17) is 0 Å². The minimum atomic E-state index is -5.81. The van der Waals surface area contributed by atoms with Crippen molar-refractivity contribution in [1.29, 1.82) is 0 Å². The van der Waals surface area contributed by atoms with Crippen molar-refractivity contribution in [3.05, 3.63) is 75.5 Å². The number of carbonyl (C=O) groups is 1. The average Bonchev–Trinajstić information content (AvgIpc) is 2.98. The molecular formula is C19H8F10N2O2Zn. The van der Waals surface area contributed by atoms with Crippen LogP contribution in [-0.2, 0) is 31.8 Å². The molecule has 0 radical (unpaired) electrons. The van der Waals surface area contributed by atoms with Crippen molar-refractivity contribution in [2.75, 3.05) is 0 Å². The fourth-order valence-electron chi connectivity index (χ4n) is 2.95. The molecule has 3 aromatic rings. The molecule has 0 aliphatic rings. The Bertz CT molecular complexity index is 1240. The van der Waals surface area contributed by atoms with Crippen molar-refractivity contribution in [3.8, 4) is 11.6 Å². The predicted molar refractivity (Wildman–Crippen MR) is 89.7 cm³/mol. The number of carbonyl (C=O) groups excluding carboxylic acids is 1. The molecule has 0 bridgehead atoms. The van der Waals surface area contributed by atoms with Crippen LogP contribution in [0.15, 0.2) is 24.3 Å². The standard InChI is InChI=1S/C19H8F10N2O2.Zn/c1-6-9(16(32)7-2-4-8(5-3-7)18(24,25)26)17(33)31(30-6)15-13(22)11(20)10(19(27,28)29)12(21)14(15)23;/h2-5,33H,1H3;. The van der Waals surface area contributed by atoms with Crippen molar-refractivity contribution in [1.82, 2.24) is 9.78 Å². The number of aryl methyl sites for hydroxylation is 1. The van der Waals surface area contributed by atoms with Gasteiger partial charge in [-0.05, 0) is 19.1 Å². The molecule has 0 atom stereocenters. The molecular weight excluding hydrogens is 544 g/mol. The van der Waals surface area contributed by atoms with Gasteiger partial charge < -0.3 is 5.11 Å². The Morgan fingerprint density at radius 1 is 0.853 bits per heavy atom. The van der Waals surface area contributed by atoms with Crippen LogP contribution in [0.2, 0.25) is 0 Å². The van der Waals surface area contributed by atoms with Gasteiger partial charge in [0.1, 0.15) is 16.8 Å². The number of aromatic hydroxyl groups is 1. The van der Waals surface area contributed by atoms with E-state index in [1.54, 1.807) is 0 Å². The molecule has 0 saturated carbocycles. The van der Waals surface area contributed by atoms with E-state index < -0.39 is 80.9 Å². The summed E-state index contributed by atoms with van der Waals surface area (Å²) in [5.74, 6) is -13.4. The Kier molecular flexibility index (Phi) is 7.23. The number of benzene rings is 2. The summed E-state index contributed by atoms with van der Waals surface area (Å²) in [5, 5.41) is 13.6. The third-order valence-electron chi connectivity index (χ3n) is 4.47. The van der Waals surface area contributed by atoms with Gasteiger partial charge in [0.05, 0.1) is 11.3 Å². The minimum Gasteiger partial charge on any atom is -0.493 e. The first kappa shape index (κ1) is 27.3. The molecule has 1 aromatic heterocycles. The van der Waals surface area contributed by atoms with Crippen LogP contribution < -0.4 is 0 Å². The predicted octanol–water partition coefficient (Wildman–Crippen LogP) is 5.71. The SMILES string of the molecule is Cc1nn(-c2c(F)c(F)c(C(F)(F)F)c(F)c2F)c(O)c1C(=O)c1ccc(C(F)(F)F)cc1.[Zn]. The van der Waals surface area contributed by atoms with Gasteiger partial charge in [-0.15, -0.1) is 0 Å². The van der Waals surface area contributed by atoms with Crippen molar-refractivity contribution < 1.29 is 73.3 Å². The van der Waals surface area contributed by atoms with Crippen molar-refractivity contribution in [3.63, 3.8) is 0 Å². The molecule has 0 fully saturated rings. The van der Waals surface area contributed by atoms with Gasteiger partial charge in [0.25, 0.3) is 0 Å². The van der Waals surface area contributed by atoms with Gasteiger partial charge in [-0.3, -0.25) is 4.79 Å². The maximum absolute atomic E-state index is 14.3. The zero-order valence-corrected chi connectivity index (χ0v) is 19.5. The third kappa shape index (κ3) is 4.53. The molecule has 15 heteroatoms. The van der Waals surface area contributed by atoms with E-state index in [1.165, 1.54) is 0 Å². The van der Waals surface area contributed by atoms with Crippen LogP contribution in [0.25, 0.3) is 5.69 Å². The molecule has 34 heavy (non-hydrogen) atoms. The molecule has 0 unspecified atom stereocenters. The largest absolute Gasteiger partial charge is 0.493 e. The normalized spacial score (nSPS) is 12.0. The first-order chi connectivity index (χ1) is 15.1. The number of alkyl halides is 6. The zero-order chi connectivity index (χ0) is 25.0. The summed E-state index contributed by atoms with van der Waals surface area (Å²) in [4.78, 5) is 12.6. The van der Waals surface area contributed by atoms with Crippen molar-refractivity contribution >= 4 is 5.78 Å². The number of aromatic nitrogens is 2. The van der Waals surface area contributed by atoms with Crippen LogP contribution in [-0.4, -0.2) is 20.7 Å².